The molecule has 0 atom stereocenters. The number of para-hydroxylation sites is 1. The Morgan fingerprint density at radius 1 is 0.972 bits per heavy atom. The van der Waals surface area contributed by atoms with Crippen LogP contribution < -0.4 is 10.3 Å². The summed E-state index contributed by atoms with van der Waals surface area (Å²) in [4.78, 5) is 33.5. The lowest BCUT2D eigenvalue weighted by Gasteiger charge is -2.14. The zero-order chi connectivity index (χ0) is 25.4. The van der Waals surface area contributed by atoms with Crippen LogP contribution in [-0.2, 0) is 11.3 Å². The molecule has 0 saturated carbocycles. The molecule has 180 valence electrons. The van der Waals surface area contributed by atoms with Gasteiger partial charge in [0, 0.05) is 6.20 Å². The predicted octanol–water partition coefficient (Wildman–Crippen LogP) is 5.81. The normalized spacial score (nSPS) is 14.8. The van der Waals surface area contributed by atoms with Gasteiger partial charge in [-0.2, -0.15) is 4.98 Å². The fourth-order valence-electron chi connectivity index (χ4n) is 3.91. The van der Waals surface area contributed by atoms with Crippen molar-refractivity contribution in [3.8, 4) is 11.6 Å². The molecule has 8 heteroatoms. The van der Waals surface area contributed by atoms with E-state index in [4.69, 9.17) is 17.0 Å². The van der Waals surface area contributed by atoms with Gasteiger partial charge in [0.1, 0.15) is 21.3 Å². The monoisotopic (exact) mass is 513 g/mol. The largest absolute Gasteiger partial charge is 0.438 e. The summed E-state index contributed by atoms with van der Waals surface area (Å²) in [5, 5.41) is 0. The molecule has 0 unspecified atom stereocenters. The molecule has 2 aromatic carbocycles. The van der Waals surface area contributed by atoms with Crippen molar-refractivity contribution < 1.29 is 9.53 Å². The number of nitrogens with zero attached hydrogens (tertiary/aromatic N) is 3. The van der Waals surface area contributed by atoms with Crippen molar-refractivity contribution in [1.29, 1.82) is 0 Å². The Morgan fingerprint density at radius 2 is 1.69 bits per heavy atom. The molecule has 4 aromatic rings. The summed E-state index contributed by atoms with van der Waals surface area (Å²) in [6.45, 7) is 6.18. The van der Waals surface area contributed by atoms with E-state index < -0.39 is 0 Å². The second-order valence-electron chi connectivity index (χ2n) is 8.64. The van der Waals surface area contributed by atoms with Crippen LogP contribution in [0.5, 0.6) is 11.6 Å². The highest BCUT2D eigenvalue weighted by molar-refractivity contribution is 8.26. The lowest BCUT2D eigenvalue weighted by atomic mass is 10.1. The number of hydrogen-bond acceptors (Lipinski definition) is 6. The fraction of sp³-hybridized carbons (Fsp3) is 0.143. The molecule has 3 heterocycles. The van der Waals surface area contributed by atoms with Crippen molar-refractivity contribution in [1.82, 2.24) is 14.3 Å². The maximum absolute atomic E-state index is 13.6. The van der Waals surface area contributed by atoms with E-state index in [2.05, 4.69) is 4.98 Å². The van der Waals surface area contributed by atoms with Crippen LogP contribution in [-0.4, -0.2) is 24.5 Å². The standard InChI is InChI=1S/C28H23N3O3S2/c1-17-10-12-20(13-11-17)16-31-27(33)23(36-28(31)35)15-21-25(34-22-9-5-4-7-18(22)2)29-24-19(3)8-6-14-30(24)26(21)32/h4-15H,16H2,1-3H3/b23-15+. The van der Waals surface area contributed by atoms with Gasteiger partial charge in [-0.05, 0) is 55.7 Å². The summed E-state index contributed by atoms with van der Waals surface area (Å²) >= 11 is 6.69. The number of fused-ring (bicyclic) bond motifs is 1. The van der Waals surface area contributed by atoms with Crippen LogP contribution >= 0.6 is 24.0 Å². The number of hydrogen-bond donors (Lipinski definition) is 0. The Kier molecular flexibility index (Phi) is 6.47. The molecule has 1 aliphatic rings. The highest BCUT2D eigenvalue weighted by atomic mass is 32.2. The maximum atomic E-state index is 13.6. The highest BCUT2D eigenvalue weighted by Gasteiger charge is 2.33. The predicted molar refractivity (Wildman–Crippen MR) is 147 cm³/mol. The summed E-state index contributed by atoms with van der Waals surface area (Å²) in [6.07, 6.45) is 3.21. The molecule has 0 spiro atoms. The Hall–Kier alpha value is -3.75. The first-order valence-electron chi connectivity index (χ1n) is 11.4. The van der Waals surface area contributed by atoms with Gasteiger partial charge in [-0.15, -0.1) is 0 Å². The van der Waals surface area contributed by atoms with Crippen molar-refractivity contribution >= 4 is 45.9 Å². The molecule has 0 bridgehead atoms. The Bertz CT molecular complexity index is 1610. The van der Waals surface area contributed by atoms with Gasteiger partial charge in [0.05, 0.1) is 11.4 Å². The quantitative estimate of drug-likeness (QED) is 0.248. The SMILES string of the molecule is Cc1ccc(CN2C(=O)/C(=C\c3c(Oc4ccccc4C)nc4c(C)cccn4c3=O)SC2=S)cc1. The molecule has 0 N–H and O–H groups in total. The number of carbonyl (C=O) groups is 1. The molecular formula is C28H23N3O3S2. The van der Waals surface area contributed by atoms with Gasteiger partial charge in [-0.1, -0.05) is 78.1 Å². The molecule has 1 saturated heterocycles. The third-order valence-electron chi connectivity index (χ3n) is 5.96. The van der Waals surface area contributed by atoms with Crippen LogP contribution in [0.25, 0.3) is 11.7 Å². The van der Waals surface area contributed by atoms with Crippen LogP contribution in [0.1, 0.15) is 27.8 Å². The first kappa shape index (κ1) is 24.0. The van der Waals surface area contributed by atoms with E-state index in [0.717, 1.165) is 22.3 Å². The average Bonchev–Trinajstić information content (AvgIpc) is 3.12. The van der Waals surface area contributed by atoms with Gasteiger partial charge in [-0.25, -0.2) is 0 Å². The number of aryl methyl sites for hydroxylation is 3. The average molecular weight is 514 g/mol. The number of rotatable bonds is 5. The number of pyridine rings is 1. The minimum absolute atomic E-state index is 0.146. The zero-order valence-corrected chi connectivity index (χ0v) is 21.7. The second kappa shape index (κ2) is 9.72. The van der Waals surface area contributed by atoms with Crippen molar-refractivity contribution in [3.63, 3.8) is 0 Å². The van der Waals surface area contributed by atoms with Gasteiger partial charge >= 0.3 is 0 Å². The van der Waals surface area contributed by atoms with E-state index in [0.29, 0.717) is 27.2 Å². The van der Waals surface area contributed by atoms with Gasteiger partial charge in [-0.3, -0.25) is 18.9 Å². The van der Waals surface area contributed by atoms with E-state index in [1.54, 1.807) is 23.2 Å². The zero-order valence-electron chi connectivity index (χ0n) is 20.0. The van der Waals surface area contributed by atoms with E-state index >= 15 is 0 Å². The van der Waals surface area contributed by atoms with Crippen LogP contribution in [0.15, 0.2) is 76.6 Å². The number of carbonyl (C=O) groups excluding carboxylic acids is 1. The van der Waals surface area contributed by atoms with E-state index in [9.17, 15) is 9.59 Å². The summed E-state index contributed by atoms with van der Waals surface area (Å²) < 4.78 is 8.07. The summed E-state index contributed by atoms with van der Waals surface area (Å²) in [5.74, 6) is 0.484. The number of benzene rings is 2. The summed E-state index contributed by atoms with van der Waals surface area (Å²) in [6, 6.07) is 19.1. The van der Waals surface area contributed by atoms with Crippen molar-refractivity contribution in [2.24, 2.45) is 0 Å². The van der Waals surface area contributed by atoms with Crippen molar-refractivity contribution in [2.45, 2.75) is 27.3 Å². The van der Waals surface area contributed by atoms with Gasteiger partial charge in [0.25, 0.3) is 11.5 Å². The van der Waals surface area contributed by atoms with E-state index in [1.807, 2.05) is 75.4 Å². The first-order valence-corrected chi connectivity index (χ1v) is 12.6. The van der Waals surface area contributed by atoms with Crippen LogP contribution in [0.2, 0.25) is 0 Å². The van der Waals surface area contributed by atoms with Gasteiger partial charge < -0.3 is 4.74 Å². The lowest BCUT2D eigenvalue weighted by Crippen LogP contribution is -2.27. The number of ether oxygens (including phenoxy) is 1. The molecule has 0 aliphatic carbocycles. The maximum Gasteiger partial charge on any atom is 0.269 e. The summed E-state index contributed by atoms with van der Waals surface area (Å²) in [7, 11) is 0. The van der Waals surface area contributed by atoms with Crippen molar-refractivity contribution in [3.05, 3.63) is 110 Å². The molecular weight excluding hydrogens is 490 g/mol. The molecule has 0 radical (unpaired) electrons. The number of thiocarbonyl (C=S) groups is 1. The minimum Gasteiger partial charge on any atom is -0.438 e. The lowest BCUT2D eigenvalue weighted by molar-refractivity contribution is -0.122. The molecule has 2 aromatic heterocycles. The van der Waals surface area contributed by atoms with Gasteiger partial charge in [0.15, 0.2) is 0 Å². The third kappa shape index (κ3) is 4.57. The van der Waals surface area contributed by atoms with Crippen molar-refractivity contribution in [2.75, 3.05) is 0 Å². The van der Waals surface area contributed by atoms with Gasteiger partial charge in [0.2, 0.25) is 5.88 Å². The Morgan fingerprint density at radius 3 is 2.44 bits per heavy atom. The second-order valence-corrected chi connectivity index (χ2v) is 10.3. The molecule has 6 nitrogen and oxygen atoms in total. The highest BCUT2D eigenvalue weighted by Crippen LogP contribution is 2.35. The number of amides is 1. The first-order chi connectivity index (χ1) is 17.3. The van der Waals surface area contributed by atoms with Crippen LogP contribution in [0, 0.1) is 20.8 Å². The van der Waals surface area contributed by atoms with E-state index in [-0.39, 0.29) is 22.9 Å². The third-order valence-corrected chi connectivity index (χ3v) is 7.34. The number of thioether (sulfide) groups is 1. The molecule has 1 aliphatic heterocycles. The number of aromatic nitrogens is 2. The smallest absolute Gasteiger partial charge is 0.269 e. The topological polar surface area (TPSA) is 63.9 Å². The Labute approximate surface area is 218 Å². The fourth-order valence-corrected chi connectivity index (χ4v) is 5.15. The molecule has 1 fully saturated rings. The summed E-state index contributed by atoms with van der Waals surface area (Å²) in [5.41, 5.74) is 4.22. The molecule has 36 heavy (non-hydrogen) atoms. The Balaban J connectivity index is 1.58. The minimum atomic E-state index is -0.323. The van der Waals surface area contributed by atoms with Crippen LogP contribution in [0.3, 0.4) is 0 Å². The molecule has 1 amide bonds. The van der Waals surface area contributed by atoms with E-state index in [1.165, 1.54) is 16.2 Å². The molecule has 5 rings (SSSR count). The van der Waals surface area contributed by atoms with Crippen LogP contribution in [0.4, 0.5) is 0 Å².